The van der Waals surface area contributed by atoms with Gasteiger partial charge in [0, 0.05) is 23.7 Å². The molecule has 0 spiro atoms. The molecule has 1 fully saturated rings. The minimum atomic E-state index is 0.192. The van der Waals surface area contributed by atoms with Gasteiger partial charge in [0.25, 0.3) is 0 Å². The molecule has 0 bridgehead atoms. The molecular weight excluding hydrogens is 248 g/mol. The molecular formula is C17H30N2O. The average Bonchev–Trinajstić information content (AvgIpc) is 2.24. The van der Waals surface area contributed by atoms with Crippen LogP contribution in [0.3, 0.4) is 0 Å². The fraction of sp³-hybridized carbons (Fsp3) is 0.824. The maximum Gasteiger partial charge on any atom is 0.208 e. The van der Waals surface area contributed by atoms with E-state index in [1.54, 1.807) is 0 Å². The molecule has 0 radical (unpaired) electrons. The molecule has 3 nitrogen and oxygen atoms in total. The van der Waals surface area contributed by atoms with Crippen LogP contribution in [0.15, 0.2) is 17.0 Å². The quantitative estimate of drug-likeness (QED) is 0.849. The van der Waals surface area contributed by atoms with Gasteiger partial charge in [-0.1, -0.05) is 20.8 Å². The van der Waals surface area contributed by atoms with E-state index in [2.05, 4.69) is 64.1 Å². The number of aliphatic imine (C=N–C) groups is 1. The van der Waals surface area contributed by atoms with Crippen molar-refractivity contribution in [2.75, 3.05) is 0 Å². The second-order valence-electron chi connectivity index (χ2n) is 8.33. The average molecular weight is 278 g/mol. The lowest BCUT2D eigenvalue weighted by molar-refractivity contribution is 0.0182. The molecule has 1 N–H and O–H groups in total. The summed E-state index contributed by atoms with van der Waals surface area (Å²) in [5.74, 6) is 1.34. The highest BCUT2D eigenvalue weighted by atomic mass is 16.5. The lowest BCUT2D eigenvalue weighted by Gasteiger charge is -2.40. The van der Waals surface area contributed by atoms with E-state index in [1.165, 1.54) is 0 Å². The maximum absolute atomic E-state index is 5.96. The topological polar surface area (TPSA) is 33.6 Å². The van der Waals surface area contributed by atoms with Crippen LogP contribution in [0.1, 0.15) is 60.8 Å². The van der Waals surface area contributed by atoms with E-state index in [-0.39, 0.29) is 11.0 Å². The molecule has 0 aromatic rings. The minimum Gasteiger partial charge on any atom is -0.474 e. The van der Waals surface area contributed by atoms with E-state index in [1.807, 2.05) is 0 Å². The third-order valence-electron chi connectivity index (χ3n) is 4.06. The fourth-order valence-electron chi connectivity index (χ4n) is 2.72. The zero-order valence-electron chi connectivity index (χ0n) is 13.9. The summed E-state index contributed by atoms with van der Waals surface area (Å²) in [7, 11) is 0. The molecule has 0 saturated heterocycles. The Kier molecular flexibility index (Phi) is 4.29. The van der Waals surface area contributed by atoms with Crippen LogP contribution in [0.25, 0.3) is 0 Å². The van der Waals surface area contributed by atoms with Crippen LogP contribution >= 0.6 is 0 Å². The van der Waals surface area contributed by atoms with Crippen molar-refractivity contribution in [1.82, 2.24) is 5.32 Å². The molecule has 2 aliphatic rings. The molecule has 2 rings (SSSR count). The number of nitrogens with one attached hydrogen (secondary N) is 1. The van der Waals surface area contributed by atoms with E-state index in [9.17, 15) is 0 Å². The molecule has 1 saturated carbocycles. The number of rotatable bonds is 3. The van der Waals surface area contributed by atoms with E-state index >= 15 is 0 Å². The van der Waals surface area contributed by atoms with Crippen molar-refractivity contribution in [3.63, 3.8) is 0 Å². The van der Waals surface area contributed by atoms with Gasteiger partial charge in [-0.15, -0.1) is 0 Å². The smallest absolute Gasteiger partial charge is 0.208 e. The van der Waals surface area contributed by atoms with Crippen molar-refractivity contribution >= 4 is 6.21 Å². The first-order valence-electron chi connectivity index (χ1n) is 7.82. The Hall–Kier alpha value is -0.830. The second-order valence-corrected chi connectivity index (χ2v) is 8.33. The second kappa shape index (κ2) is 5.51. The SMILES string of the molecule is CC(C)(C)NC1CC(OC2=CCC(C(C)(C)C)C=N2)C1. The number of nitrogens with zero attached hydrogens (tertiary/aromatic N) is 1. The predicted molar refractivity (Wildman–Crippen MR) is 84.9 cm³/mol. The highest BCUT2D eigenvalue weighted by Crippen LogP contribution is 2.32. The molecule has 1 aliphatic heterocycles. The number of hydrogen-bond donors (Lipinski definition) is 1. The largest absolute Gasteiger partial charge is 0.474 e. The lowest BCUT2D eigenvalue weighted by Crippen LogP contribution is -2.52. The van der Waals surface area contributed by atoms with Crippen molar-refractivity contribution in [3.05, 3.63) is 12.0 Å². The summed E-state index contributed by atoms with van der Waals surface area (Å²) >= 11 is 0. The van der Waals surface area contributed by atoms with Crippen LogP contribution in [0.5, 0.6) is 0 Å². The van der Waals surface area contributed by atoms with Gasteiger partial charge in [-0.3, -0.25) is 0 Å². The molecule has 20 heavy (non-hydrogen) atoms. The Morgan fingerprint density at radius 2 is 1.80 bits per heavy atom. The Labute approximate surface area is 123 Å². The molecule has 0 amide bonds. The van der Waals surface area contributed by atoms with Gasteiger partial charge in [0.1, 0.15) is 6.10 Å². The van der Waals surface area contributed by atoms with Crippen LogP contribution in [0, 0.1) is 11.3 Å². The van der Waals surface area contributed by atoms with Crippen molar-refractivity contribution in [2.45, 2.75) is 78.5 Å². The van der Waals surface area contributed by atoms with Gasteiger partial charge in [0.2, 0.25) is 5.88 Å². The van der Waals surface area contributed by atoms with Crippen LogP contribution in [0.2, 0.25) is 0 Å². The molecule has 0 aromatic carbocycles. The zero-order chi connectivity index (χ0) is 15.0. The summed E-state index contributed by atoms with van der Waals surface area (Å²) in [4.78, 5) is 4.49. The van der Waals surface area contributed by atoms with Crippen molar-refractivity contribution in [1.29, 1.82) is 0 Å². The first-order chi connectivity index (χ1) is 9.13. The summed E-state index contributed by atoms with van der Waals surface area (Å²) in [5, 5.41) is 3.61. The van der Waals surface area contributed by atoms with Gasteiger partial charge in [0.15, 0.2) is 0 Å². The Bertz CT molecular complexity index is 392. The molecule has 1 aliphatic carbocycles. The summed E-state index contributed by atoms with van der Waals surface area (Å²) in [6.45, 7) is 13.4. The van der Waals surface area contributed by atoms with E-state index in [0.29, 0.717) is 18.1 Å². The predicted octanol–water partition coefficient (Wildman–Crippen LogP) is 3.90. The van der Waals surface area contributed by atoms with Gasteiger partial charge >= 0.3 is 0 Å². The van der Waals surface area contributed by atoms with Crippen LogP contribution in [-0.2, 0) is 4.74 Å². The summed E-state index contributed by atoms with van der Waals surface area (Å²) in [5.41, 5.74) is 0.474. The molecule has 3 heteroatoms. The summed E-state index contributed by atoms with van der Waals surface area (Å²) < 4.78 is 5.96. The van der Waals surface area contributed by atoms with Crippen molar-refractivity contribution in [2.24, 2.45) is 16.3 Å². The zero-order valence-corrected chi connectivity index (χ0v) is 13.9. The van der Waals surface area contributed by atoms with E-state index in [0.717, 1.165) is 25.1 Å². The number of allylic oxidation sites excluding steroid dienone is 1. The van der Waals surface area contributed by atoms with E-state index < -0.39 is 0 Å². The van der Waals surface area contributed by atoms with Crippen molar-refractivity contribution in [3.8, 4) is 0 Å². The number of hydrogen-bond acceptors (Lipinski definition) is 3. The maximum atomic E-state index is 5.96. The van der Waals surface area contributed by atoms with Crippen molar-refractivity contribution < 1.29 is 4.74 Å². The Morgan fingerprint density at radius 1 is 1.15 bits per heavy atom. The fourth-order valence-corrected chi connectivity index (χ4v) is 2.72. The summed E-state index contributed by atoms with van der Waals surface area (Å²) in [6, 6.07) is 0.593. The van der Waals surface area contributed by atoms with E-state index in [4.69, 9.17) is 4.74 Å². The van der Waals surface area contributed by atoms with Gasteiger partial charge in [-0.25, -0.2) is 4.99 Å². The standard InChI is InChI=1S/C17H30N2O/c1-16(2,3)12-7-8-15(18-11-12)20-14-9-13(10-14)19-17(4,5)6/h8,11-14,19H,7,9-10H2,1-6H3. The van der Waals surface area contributed by atoms with Gasteiger partial charge in [-0.2, -0.15) is 0 Å². The molecule has 1 heterocycles. The molecule has 1 unspecified atom stereocenters. The normalized spacial score (nSPS) is 30.7. The Balaban J connectivity index is 1.73. The van der Waals surface area contributed by atoms with Crippen LogP contribution < -0.4 is 5.32 Å². The minimum absolute atomic E-state index is 0.192. The van der Waals surface area contributed by atoms with Gasteiger partial charge < -0.3 is 10.1 Å². The molecule has 0 aromatic heterocycles. The first-order valence-corrected chi connectivity index (χ1v) is 7.82. The third-order valence-corrected chi connectivity index (χ3v) is 4.06. The van der Waals surface area contributed by atoms with Gasteiger partial charge in [-0.05, 0) is 51.5 Å². The highest BCUT2D eigenvalue weighted by Gasteiger charge is 2.34. The summed E-state index contributed by atoms with van der Waals surface area (Å²) in [6.07, 6.45) is 7.78. The number of ether oxygens (including phenoxy) is 1. The molecule has 114 valence electrons. The highest BCUT2D eigenvalue weighted by molar-refractivity contribution is 5.64. The lowest BCUT2D eigenvalue weighted by atomic mass is 9.79. The third kappa shape index (κ3) is 4.34. The van der Waals surface area contributed by atoms with Gasteiger partial charge in [0.05, 0.1) is 0 Å². The molecule has 1 atom stereocenters. The Morgan fingerprint density at radius 3 is 2.25 bits per heavy atom. The van der Waals surface area contributed by atoms with Crippen LogP contribution in [-0.4, -0.2) is 23.9 Å². The first kappa shape index (κ1) is 15.6. The monoisotopic (exact) mass is 278 g/mol. The van der Waals surface area contributed by atoms with Crippen LogP contribution in [0.4, 0.5) is 0 Å².